The maximum absolute atomic E-state index is 14.5. The van der Waals surface area contributed by atoms with Crippen LogP contribution in [0.3, 0.4) is 0 Å². The van der Waals surface area contributed by atoms with Gasteiger partial charge in [-0.05, 0) is 44.4 Å². The SMILES string of the molecule is CC(C)(C)OC(=O)CC[C@@H](C(N)=O)N1Cc2c(OCc3ccc(CN4CCOCC4)cc3)cc(F)cc2C1=O. The number of esters is 1. The Labute approximate surface area is 228 Å². The lowest BCUT2D eigenvalue weighted by Gasteiger charge is -2.26. The third kappa shape index (κ3) is 7.54. The molecule has 2 aliphatic rings. The fourth-order valence-corrected chi connectivity index (χ4v) is 4.76. The molecule has 2 amide bonds. The van der Waals surface area contributed by atoms with Gasteiger partial charge in [0.15, 0.2) is 0 Å². The maximum atomic E-state index is 14.5. The van der Waals surface area contributed by atoms with Crippen LogP contribution < -0.4 is 10.5 Å². The van der Waals surface area contributed by atoms with Gasteiger partial charge in [0.2, 0.25) is 5.91 Å². The number of carbonyl (C=O) groups is 3. The molecule has 0 aliphatic carbocycles. The van der Waals surface area contributed by atoms with E-state index in [1.54, 1.807) is 20.8 Å². The van der Waals surface area contributed by atoms with Crippen LogP contribution >= 0.6 is 0 Å². The third-order valence-electron chi connectivity index (χ3n) is 6.67. The molecule has 0 aromatic heterocycles. The van der Waals surface area contributed by atoms with Crippen molar-refractivity contribution in [1.82, 2.24) is 9.80 Å². The zero-order valence-electron chi connectivity index (χ0n) is 22.7. The monoisotopic (exact) mass is 541 g/mol. The number of halogens is 1. The average molecular weight is 542 g/mol. The lowest BCUT2D eigenvalue weighted by atomic mass is 10.1. The molecule has 1 saturated heterocycles. The highest BCUT2D eigenvalue weighted by molar-refractivity contribution is 6.01. The Kier molecular flexibility index (Phi) is 8.87. The van der Waals surface area contributed by atoms with Crippen molar-refractivity contribution < 1.29 is 33.0 Å². The third-order valence-corrected chi connectivity index (χ3v) is 6.67. The van der Waals surface area contributed by atoms with E-state index >= 15 is 0 Å². The summed E-state index contributed by atoms with van der Waals surface area (Å²) < 4.78 is 31.1. The van der Waals surface area contributed by atoms with Crippen molar-refractivity contribution in [3.8, 4) is 5.75 Å². The van der Waals surface area contributed by atoms with Crippen molar-refractivity contribution >= 4 is 17.8 Å². The van der Waals surface area contributed by atoms with E-state index in [0.29, 0.717) is 5.56 Å². The first kappa shape index (κ1) is 28.5. The molecule has 2 heterocycles. The fraction of sp³-hybridized carbons (Fsp3) is 0.483. The number of ether oxygens (including phenoxy) is 3. The van der Waals surface area contributed by atoms with Crippen LogP contribution in [0.4, 0.5) is 4.39 Å². The number of benzene rings is 2. The number of amides is 2. The molecule has 9 nitrogen and oxygen atoms in total. The van der Waals surface area contributed by atoms with Crippen LogP contribution in [0.1, 0.15) is 60.7 Å². The number of morpholine rings is 1. The van der Waals surface area contributed by atoms with Gasteiger partial charge in [0.1, 0.15) is 29.8 Å². The van der Waals surface area contributed by atoms with Gasteiger partial charge >= 0.3 is 5.97 Å². The number of rotatable bonds is 10. The molecule has 2 aromatic carbocycles. The summed E-state index contributed by atoms with van der Waals surface area (Å²) in [7, 11) is 0. The number of primary amides is 1. The van der Waals surface area contributed by atoms with Crippen LogP contribution in [0.15, 0.2) is 36.4 Å². The lowest BCUT2D eigenvalue weighted by Crippen LogP contribution is -2.45. The molecule has 10 heteroatoms. The van der Waals surface area contributed by atoms with Crippen molar-refractivity contribution in [3.63, 3.8) is 0 Å². The summed E-state index contributed by atoms with van der Waals surface area (Å²) in [4.78, 5) is 41.2. The summed E-state index contributed by atoms with van der Waals surface area (Å²) >= 11 is 0. The molecule has 1 atom stereocenters. The molecule has 2 N–H and O–H groups in total. The number of hydrogen-bond acceptors (Lipinski definition) is 7. The zero-order chi connectivity index (χ0) is 28.2. The summed E-state index contributed by atoms with van der Waals surface area (Å²) in [6.07, 6.45) is -0.0935. The van der Waals surface area contributed by atoms with Crippen molar-refractivity contribution in [1.29, 1.82) is 0 Å². The first-order valence-electron chi connectivity index (χ1n) is 13.2. The van der Waals surface area contributed by atoms with Crippen LogP contribution in [-0.4, -0.2) is 65.5 Å². The highest BCUT2D eigenvalue weighted by atomic mass is 19.1. The Morgan fingerprint density at radius 3 is 2.41 bits per heavy atom. The van der Waals surface area contributed by atoms with Gasteiger partial charge in [-0.25, -0.2) is 4.39 Å². The van der Waals surface area contributed by atoms with Gasteiger partial charge in [0, 0.05) is 37.7 Å². The second-order valence-electron chi connectivity index (χ2n) is 10.9. The molecule has 210 valence electrons. The topological polar surface area (TPSA) is 111 Å². The van der Waals surface area contributed by atoms with E-state index < -0.39 is 35.2 Å². The minimum absolute atomic E-state index is 0.000546. The fourth-order valence-electron chi connectivity index (χ4n) is 4.76. The van der Waals surface area contributed by atoms with E-state index in [9.17, 15) is 18.8 Å². The minimum Gasteiger partial charge on any atom is -0.488 e. The summed E-state index contributed by atoms with van der Waals surface area (Å²) in [5.74, 6) is -2.17. The van der Waals surface area contributed by atoms with Crippen molar-refractivity contribution in [2.75, 3.05) is 26.3 Å². The summed E-state index contributed by atoms with van der Waals surface area (Å²) in [5.41, 5.74) is 7.60. The quantitative estimate of drug-likeness (QED) is 0.460. The summed E-state index contributed by atoms with van der Waals surface area (Å²) in [6, 6.07) is 9.33. The Hall–Kier alpha value is -3.50. The van der Waals surface area contributed by atoms with E-state index in [1.165, 1.54) is 16.5 Å². The molecule has 2 aliphatic heterocycles. The number of nitrogens with two attached hydrogens (primary N) is 1. The minimum atomic E-state index is -1.05. The van der Waals surface area contributed by atoms with Gasteiger partial charge in [-0.2, -0.15) is 0 Å². The molecule has 0 bridgehead atoms. The van der Waals surface area contributed by atoms with Crippen LogP contribution in [0, 0.1) is 5.82 Å². The Morgan fingerprint density at radius 2 is 1.77 bits per heavy atom. The van der Waals surface area contributed by atoms with Crippen LogP contribution in [0.25, 0.3) is 0 Å². The summed E-state index contributed by atoms with van der Waals surface area (Å²) in [6.45, 7) is 9.57. The van der Waals surface area contributed by atoms with Gasteiger partial charge in [0.05, 0.1) is 25.3 Å². The molecule has 0 spiro atoms. The largest absolute Gasteiger partial charge is 0.488 e. The van der Waals surface area contributed by atoms with Crippen LogP contribution in [-0.2, 0) is 38.8 Å². The van der Waals surface area contributed by atoms with Gasteiger partial charge in [-0.1, -0.05) is 24.3 Å². The number of nitrogens with zero attached hydrogens (tertiary/aromatic N) is 2. The second kappa shape index (κ2) is 12.1. The van der Waals surface area contributed by atoms with E-state index in [-0.39, 0.29) is 37.3 Å². The second-order valence-corrected chi connectivity index (χ2v) is 10.9. The van der Waals surface area contributed by atoms with E-state index in [4.69, 9.17) is 19.9 Å². The summed E-state index contributed by atoms with van der Waals surface area (Å²) in [5, 5.41) is 0. The van der Waals surface area contributed by atoms with E-state index in [0.717, 1.165) is 44.5 Å². The Balaban J connectivity index is 1.41. The molecule has 2 aromatic rings. The van der Waals surface area contributed by atoms with Crippen LogP contribution in [0.2, 0.25) is 0 Å². The predicted octanol–water partition coefficient (Wildman–Crippen LogP) is 3.17. The highest BCUT2D eigenvalue weighted by Gasteiger charge is 2.38. The standard InChI is InChI=1S/C29H36FN3O6/c1-29(2,3)39-26(34)9-8-24(27(31)35)33-17-23-22(28(33)36)14-21(30)15-25(23)38-18-20-6-4-19(5-7-20)16-32-10-12-37-13-11-32/h4-7,14-15,24H,8-13,16-18H2,1-3H3,(H2,31,35)/t24-/m0/s1. The Morgan fingerprint density at radius 1 is 1.10 bits per heavy atom. The van der Waals surface area contributed by atoms with Gasteiger partial charge in [-0.15, -0.1) is 0 Å². The van der Waals surface area contributed by atoms with E-state index in [1.807, 2.05) is 24.3 Å². The first-order chi connectivity index (χ1) is 18.5. The molecule has 0 unspecified atom stereocenters. The lowest BCUT2D eigenvalue weighted by molar-refractivity contribution is -0.155. The number of carbonyl (C=O) groups excluding carboxylic acids is 3. The molecule has 4 rings (SSSR count). The van der Waals surface area contributed by atoms with Crippen molar-refractivity contribution in [2.45, 2.75) is 65.0 Å². The van der Waals surface area contributed by atoms with Gasteiger partial charge < -0.3 is 24.8 Å². The maximum Gasteiger partial charge on any atom is 0.306 e. The smallest absolute Gasteiger partial charge is 0.306 e. The van der Waals surface area contributed by atoms with Gasteiger partial charge in [-0.3, -0.25) is 19.3 Å². The molecule has 0 saturated carbocycles. The molecular formula is C29H36FN3O6. The normalized spacial score (nSPS) is 16.6. The molecule has 39 heavy (non-hydrogen) atoms. The van der Waals surface area contributed by atoms with Crippen molar-refractivity contribution in [2.24, 2.45) is 5.73 Å². The van der Waals surface area contributed by atoms with Gasteiger partial charge in [0.25, 0.3) is 5.91 Å². The molecular weight excluding hydrogens is 505 g/mol. The number of fused-ring (bicyclic) bond motifs is 1. The zero-order valence-corrected chi connectivity index (χ0v) is 22.7. The Bertz CT molecular complexity index is 1200. The van der Waals surface area contributed by atoms with Crippen molar-refractivity contribution in [3.05, 3.63) is 64.5 Å². The molecule has 1 fully saturated rings. The highest BCUT2D eigenvalue weighted by Crippen LogP contribution is 2.34. The average Bonchev–Trinajstić information content (AvgIpc) is 3.19. The van der Waals surface area contributed by atoms with Crippen LogP contribution in [0.5, 0.6) is 5.75 Å². The molecule has 0 radical (unpaired) electrons. The number of hydrogen-bond donors (Lipinski definition) is 1. The van der Waals surface area contributed by atoms with E-state index in [2.05, 4.69) is 4.90 Å². The predicted molar refractivity (Wildman–Crippen MR) is 141 cm³/mol. The first-order valence-corrected chi connectivity index (χ1v) is 13.2.